The van der Waals surface area contributed by atoms with Gasteiger partial charge in [0.15, 0.2) is 0 Å². The lowest BCUT2D eigenvalue weighted by molar-refractivity contribution is 0.382. The molecular weight excluding hydrogens is 216 g/mol. The van der Waals surface area contributed by atoms with Gasteiger partial charge in [-0.1, -0.05) is 28.1 Å². The second-order valence-corrected chi connectivity index (χ2v) is 4.14. The third-order valence-electron chi connectivity index (χ3n) is 2.17. The van der Waals surface area contributed by atoms with Crippen LogP contribution in [0.2, 0.25) is 0 Å². The molecule has 1 aliphatic heterocycles. The fourth-order valence-corrected chi connectivity index (χ4v) is 2.09. The molecule has 0 aromatic heterocycles. The van der Waals surface area contributed by atoms with E-state index in [2.05, 4.69) is 48.0 Å². The van der Waals surface area contributed by atoms with Crippen LogP contribution in [-0.2, 0) is 4.74 Å². The summed E-state index contributed by atoms with van der Waals surface area (Å²) in [5.41, 5.74) is 2.55. The van der Waals surface area contributed by atoms with E-state index in [1.165, 1.54) is 11.1 Å². The number of aryl methyl sites for hydroxylation is 1. The van der Waals surface area contributed by atoms with Gasteiger partial charge in [-0.05, 0) is 31.0 Å². The van der Waals surface area contributed by atoms with Crippen LogP contribution in [0.4, 0.5) is 0 Å². The van der Waals surface area contributed by atoms with E-state index in [9.17, 15) is 0 Å². The molecule has 0 radical (unpaired) electrons. The van der Waals surface area contributed by atoms with Crippen LogP contribution in [0.5, 0.6) is 0 Å². The molecule has 0 spiro atoms. The molecule has 0 saturated carbocycles. The first-order valence-corrected chi connectivity index (χ1v) is 4.89. The molecule has 1 aromatic rings. The Morgan fingerprint density at radius 2 is 2.08 bits per heavy atom. The van der Waals surface area contributed by atoms with Gasteiger partial charge in [-0.15, -0.1) is 0 Å². The molecule has 1 heterocycles. The number of hydrogen-bond donors (Lipinski definition) is 0. The molecule has 2 unspecified atom stereocenters. The van der Waals surface area contributed by atoms with Gasteiger partial charge in [-0.3, -0.25) is 0 Å². The topological polar surface area (TPSA) is 12.5 Å². The number of halogens is 1. The second kappa shape index (κ2) is 2.86. The molecular formula is C10H11BrO. The fraction of sp³-hybridized carbons (Fsp3) is 0.400. The van der Waals surface area contributed by atoms with E-state index in [0.717, 1.165) is 4.47 Å². The lowest BCUT2D eigenvalue weighted by atomic mass is 10.1. The molecule has 2 atom stereocenters. The van der Waals surface area contributed by atoms with E-state index in [1.54, 1.807) is 0 Å². The molecule has 0 aliphatic carbocycles. The molecule has 0 N–H and O–H groups in total. The van der Waals surface area contributed by atoms with Crippen molar-refractivity contribution >= 4 is 15.9 Å². The first kappa shape index (κ1) is 8.27. The summed E-state index contributed by atoms with van der Waals surface area (Å²) in [6, 6.07) is 6.38. The highest BCUT2D eigenvalue weighted by atomic mass is 79.9. The summed E-state index contributed by atoms with van der Waals surface area (Å²) >= 11 is 3.54. The van der Waals surface area contributed by atoms with Gasteiger partial charge < -0.3 is 4.74 Å². The van der Waals surface area contributed by atoms with E-state index in [1.807, 2.05) is 0 Å². The quantitative estimate of drug-likeness (QED) is 0.671. The number of hydrogen-bond acceptors (Lipinski definition) is 1. The van der Waals surface area contributed by atoms with E-state index in [4.69, 9.17) is 4.74 Å². The molecule has 0 bridgehead atoms. The van der Waals surface area contributed by atoms with Gasteiger partial charge in [-0.2, -0.15) is 0 Å². The zero-order chi connectivity index (χ0) is 8.72. The van der Waals surface area contributed by atoms with Crippen LogP contribution in [0, 0.1) is 6.92 Å². The van der Waals surface area contributed by atoms with E-state index in [-0.39, 0.29) is 0 Å². The second-order valence-electron chi connectivity index (χ2n) is 3.29. The van der Waals surface area contributed by atoms with Crippen LogP contribution in [0.15, 0.2) is 22.7 Å². The zero-order valence-electron chi connectivity index (χ0n) is 7.17. The molecule has 12 heavy (non-hydrogen) atoms. The average molecular weight is 227 g/mol. The molecule has 0 amide bonds. The molecule has 2 heteroatoms. The minimum atomic E-state index is 0.319. The van der Waals surface area contributed by atoms with Gasteiger partial charge in [0, 0.05) is 4.47 Å². The highest BCUT2D eigenvalue weighted by Crippen LogP contribution is 2.41. The first-order chi connectivity index (χ1) is 5.68. The molecule has 1 aromatic carbocycles. The maximum Gasteiger partial charge on any atom is 0.110 e. The maximum atomic E-state index is 5.39. The standard InChI is InChI=1S/C10H11BrO/c1-6-3-4-8(9(11)5-6)10-7(2)12-10/h3-5,7,10H,1-2H3. The predicted molar refractivity (Wildman–Crippen MR) is 52.2 cm³/mol. The van der Waals surface area contributed by atoms with E-state index < -0.39 is 0 Å². The van der Waals surface area contributed by atoms with E-state index >= 15 is 0 Å². The number of benzene rings is 1. The summed E-state index contributed by atoms with van der Waals surface area (Å²) in [7, 11) is 0. The average Bonchev–Trinajstić information content (AvgIpc) is 2.66. The Morgan fingerprint density at radius 1 is 1.42 bits per heavy atom. The Morgan fingerprint density at radius 3 is 2.58 bits per heavy atom. The number of ether oxygens (including phenoxy) is 1. The lowest BCUT2D eigenvalue weighted by Gasteiger charge is -2.00. The first-order valence-electron chi connectivity index (χ1n) is 4.10. The van der Waals surface area contributed by atoms with Crippen molar-refractivity contribution in [3.8, 4) is 0 Å². The van der Waals surface area contributed by atoms with E-state index in [0.29, 0.717) is 12.2 Å². The molecule has 1 aliphatic rings. The minimum Gasteiger partial charge on any atom is -0.365 e. The summed E-state index contributed by atoms with van der Waals surface area (Å²) in [4.78, 5) is 0. The van der Waals surface area contributed by atoms with Crippen molar-refractivity contribution in [3.05, 3.63) is 33.8 Å². The SMILES string of the molecule is Cc1ccc(C2OC2C)c(Br)c1. The van der Waals surface area contributed by atoms with Crippen molar-refractivity contribution in [2.75, 3.05) is 0 Å². The van der Waals surface area contributed by atoms with Gasteiger partial charge in [0.05, 0.1) is 6.10 Å². The summed E-state index contributed by atoms with van der Waals surface area (Å²) in [6.07, 6.45) is 0.712. The highest BCUT2D eigenvalue weighted by Gasteiger charge is 2.36. The Hall–Kier alpha value is -0.340. The Bertz CT molecular complexity index is 309. The lowest BCUT2D eigenvalue weighted by Crippen LogP contribution is -1.86. The van der Waals surface area contributed by atoms with Gasteiger partial charge >= 0.3 is 0 Å². The van der Waals surface area contributed by atoms with Gasteiger partial charge in [0.1, 0.15) is 6.10 Å². The molecule has 64 valence electrons. The third-order valence-corrected chi connectivity index (χ3v) is 2.86. The maximum absolute atomic E-state index is 5.39. The fourth-order valence-electron chi connectivity index (χ4n) is 1.37. The Kier molecular flexibility index (Phi) is 1.97. The van der Waals surface area contributed by atoms with Gasteiger partial charge in [0.25, 0.3) is 0 Å². The van der Waals surface area contributed by atoms with Crippen LogP contribution < -0.4 is 0 Å². The summed E-state index contributed by atoms with van der Waals surface area (Å²) in [6.45, 7) is 4.18. The smallest absolute Gasteiger partial charge is 0.110 e. The highest BCUT2D eigenvalue weighted by molar-refractivity contribution is 9.10. The largest absolute Gasteiger partial charge is 0.365 e. The molecule has 1 nitrogen and oxygen atoms in total. The van der Waals surface area contributed by atoms with Crippen molar-refractivity contribution in [1.82, 2.24) is 0 Å². The summed E-state index contributed by atoms with van der Waals surface area (Å²) < 4.78 is 6.56. The number of epoxide rings is 1. The third kappa shape index (κ3) is 1.41. The number of rotatable bonds is 1. The minimum absolute atomic E-state index is 0.319. The van der Waals surface area contributed by atoms with Crippen LogP contribution >= 0.6 is 15.9 Å². The Labute approximate surface area is 80.9 Å². The molecule has 2 rings (SSSR count). The summed E-state index contributed by atoms with van der Waals surface area (Å²) in [5, 5.41) is 0. The monoisotopic (exact) mass is 226 g/mol. The van der Waals surface area contributed by atoms with Crippen LogP contribution in [0.1, 0.15) is 24.2 Å². The Balaban J connectivity index is 2.33. The van der Waals surface area contributed by atoms with Crippen molar-refractivity contribution in [1.29, 1.82) is 0 Å². The normalized spacial score (nSPS) is 27.2. The van der Waals surface area contributed by atoms with Crippen LogP contribution in [0.25, 0.3) is 0 Å². The van der Waals surface area contributed by atoms with Crippen LogP contribution in [0.3, 0.4) is 0 Å². The van der Waals surface area contributed by atoms with Gasteiger partial charge in [-0.25, -0.2) is 0 Å². The van der Waals surface area contributed by atoms with Gasteiger partial charge in [0.2, 0.25) is 0 Å². The van der Waals surface area contributed by atoms with Crippen molar-refractivity contribution in [2.24, 2.45) is 0 Å². The zero-order valence-corrected chi connectivity index (χ0v) is 8.76. The molecule has 1 fully saturated rings. The summed E-state index contributed by atoms with van der Waals surface area (Å²) in [5.74, 6) is 0. The van der Waals surface area contributed by atoms with Crippen molar-refractivity contribution in [3.63, 3.8) is 0 Å². The van der Waals surface area contributed by atoms with Crippen LogP contribution in [-0.4, -0.2) is 6.10 Å². The van der Waals surface area contributed by atoms with Crippen molar-refractivity contribution in [2.45, 2.75) is 26.1 Å². The molecule has 1 saturated heterocycles. The van der Waals surface area contributed by atoms with Crippen molar-refractivity contribution < 1.29 is 4.74 Å². The predicted octanol–water partition coefficient (Wildman–Crippen LogP) is 3.22.